The summed E-state index contributed by atoms with van der Waals surface area (Å²) < 4.78 is 301. The highest BCUT2D eigenvalue weighted by molar-refractivity contribution is 5.91. The van der Waals surface area contributed by atoms with E-state index in [-0.39, 0.29) is 0 Å². The van der Waals surface area contributed by atoms with Crippen molar-refractivity contribution in [3.05, 3.63) is 244 Å². The third kappa shape index (κ3) is 7.67. The van der Waals surface area contributed by atoms with Gasteiger partial charge in [0.15, 0.2) is 93.1 Å². The molecule has 0 radical (unpaired) electrons. The molecule has 25 heteroatoms. The Bertz CT molecular complexity index is 3530. The molecule has 73 heavy (non-hydrogen) atoms. The molecule has 4 aromatic carbocycles. The van der Waals surface area contributed by atoms with Gasteiger partial charge in [-0.05, 0) is 60.7 Å². The molecule has 2 aliphatic heterocycles. The Hall–Kier alpha value is -8.64. The lowest BCUT2D eigenvalue weighted by Crippen LogP contribution is -2.21. The number of hydrogen-bond donors (Lipinski definition) is 3. The molecule has 0 fully saturated rings. The third-order valence-electron chi connectivity index (χ3n) is 11.1. The van der Waals surface area contributed by atoms with Gasteiger partial charge in [0.25, 0.3) is 0 Å². The van der Waals surface area contributed by atoms with Crippen molar-refractivity contribution in [2.45, 2.75) is 0 Å². The molecule has 0 atom stereocenters. The standard InChI is InChI=1S/C48H15F20N5/c49-29-25(30(50)38(58)45(65)37(29)57)21(13-3-1-11-69-13)15-5-7-17(71-15)23(27-33(53)41(61)47(67)42(62)34(27)54)19-9-10-20(73-19)24(28-35(55)43(63)48(68)44(64)36(28)56)18-8-6-16(72-18)22(14-4-2-12-70-14)26-31(51)39(59)46(66)40(60)32(26)52/h1-12,71-73H/b21-13+,22-14+,23-19+,24-20+. The van der Waals surface area contributed by atoms with Gasteiger partial charge < -0.3 is 15.0 Å². The number of nitrogens with zero attached hydrogens (tertiary/aromatic N) is 2. The number of rotatable bonds is 8. The van der Waals surface area contributed by atoms with Crippen LogP contribution in [0.15, 0.2) is 82.1 Å². The summed E-state index contributed by atoms with van der Waals surface area (Å²) in [6.45, 7) is 0. The van der Waals surface area contributed by atoms with Gasteiger partial charge >= 0.3 is 0 Å². The smallest absolute Gasteiger partial charge is 0.200 e. The largest absolute Gasteiger partial charge is 0.354 e. The third-order valence-corrected chi connectivity index (χ3v) is 11.1. The van der Waals surface area contributed by atoms with Crippen molar-refractivity contribution < 1.29 is 87.8 Å². The molecule has 0 saturated carbocycles. The van der Waals surface area contributed by atoms with E-state index in [2.05, 4.69) is 24.9 Å². The minimum Gasteiger partial charge on any atom is -0.354 e. The van der Waals surface area contributed by atoms with Gasteiger partial charge in [0.05, 0.1) is 33.6 Å². The number of hydrogen-bond acceptors (Lipinski definition) is 2. The van der Waals surface area contributed by atoms with E-state index >= 15 is 52.7 Å². The van der Waals surface area contributed by atoms with Gasteiger partial charge in [-0.3, -0.25) is 9.98 Å². The molecule has 2 aliphatic rings. The van der Waals surface area contributed by atoms with Crippen LogP contribution >= 0.6 is 0 Å². The second-order valence-electron chi connectivity index (χ2n) is 15.2. The quantitative estimate of drug-likeness (QED) is 0.0771. The molecule has 372 valence electrons. The van der Waals surface area contributed by atoms with Gasteiger partial charge in [0.1, 0.15) is 0 Å². The molecule has 0 spiro atoms. The minimum absolute atomic E-state index is 0.543. The first kappa shape index (κ1) is 49.3. The Kier molecular flexibility index (Phi) is 12.3. The van der Waals surface area contributed by atoms with Gasteiger partial charge in [-0.25, -0.2) is 87.8 Å². The van der Waals surface area contributed by atoms with Crippen molar-refractivity contribution in [1.82, 2.24) is 15.0 Å². The Morgan fingerprint density at radius 3 is 0.712 bits per heavy atom. The van der Waals surface area contributed by atoms with E-state index < -0.39 is 206 Å². The monoisotopic (exact) mass is 1040 g/mol. The first-order valence-corrected chi connectivity index (χ1v) is 19.9. The molecule has 0 aliphatic carbocycles. The highest BCUT2D eigenvalue weighted by atomic mass is 19.2. The van der Waals surface area contributed by atoms with Crippen LogP contribution in [-0.2, 0) is 0 Å². The van der Waals surface area contributed by atoms with Gasteiger partial charge in [0, 0.05) is 68.2 Å². The fourth-order valence-electron chi connectivity index (χ4n) is 7.88. The summed E-state index contributed by atoms with van der Waals surface area (Å²) in [5, 5.41) is -1.86. The maximum atomic E-state index is 15.9. The highest BCUT2D eigenvalue weighted by Gasteiger charge is 2.36. The van der Waals surface area contributed by atoms with Crippen LogP contribution < -0.4 is 10.7 Å². The second kappa shape index (κ2) is 18.2. The number of halogens is 20. The predicted octanol–water partition coefficient (Wildman–Crippen LogP) is 11.7. The van der Waals surface area contributed by atoms with Crippen LogP contribution in [0.25, 0.3) is 22.3 Å². The van der Waals surface area contributed by atoms with Gasteiger partial charge in [-0.15, -0.1) is 0 Å². The van der Waals surface area contributed by atoms with Crippen LogP contribution in [0.3, 0.4) is 0 Å². The summed E-state index contributed by atoms with van der Waals surface area (Å²) in [5.41, 5.74) is -15.7. The summed E-state index contributed by atoms with van der Waals surface area (Å²) in [6.07, 6.45) is 6.20. The van der Waals surface area contributed by atoms with E-state index in [1.54, 1.807) is 0 Å². The molecule has 0 bridgehead atoms. The molecule has 5 nitrogen and oxygen atoms in total. The van der Waals surface area contributed by atoms with E-state index in [9.17, 15) is 35.1 Å². The summed E-state index contributed by atoms with van der Waals surface area (Å²) in [7, 11) is 0. The SMILES string of the molecule is Fc1c(F)c(F)c(/C(=C2\C=CC=N2)c2ccc(/C(c3c(F)c(F)c(F)c(F)c3F)=c3/cc/c(=C(/c4ccc(/C(=C5/C=CC=N5)c5c(F)c(F)c(F)c(F)c5F)[nH]4)c4c(F)c(F)c(F)c(F)c4F)[nH]3)[nH]2)c(F)c1F. The maximum absolute atomic E-state index is 15.9. The topological polar surface area (TPSA) is 72.1 Å². The number of nitrogens with one attached hydrogen (secondary N) is 3. The lowest BCUT2D eigenvalue weighted by molar-refractivity contribution is 0.376. The fourth-order valence-corrected chi connectivity index (χ4v) is 7.88. The molecular weight excluding hydrogens is 1030 g/mol. The molecular formula is C48H15F20N5. The van der Waals surface area contributed by atoms with E-state index in [1.165, 1.54) is 0 Å². The van der Waals surface area contributed by atoms with E-state index in [4.69, 9.17) is 0 Å². The molecule has 7 aromatic rings. The number of benzene rings is 4. The van der Waals surface area contributed by atoms with E-state index in [0.717, 1.165) is 48.9 Å². The first-order chi connectivity index (χ1) is 34.6. The van der Waals surface area contributed by atoms with Crippen molar-refractivity contribution in [1.29, 1.82) is 0 Å². The second-order valence-corrected chi connectivity index (χ2v) is 15.2. The summed E-state index contributed by atoms with van der Waals surface area (Å²) >= 11 is 0. The van der Waals surface area contributed by atoms with Gasteiger partial charge in [-0.1, -0.05) is 0 Å². The maximum Gasteiger partial charge on any atom is 0.200 e. The lowest BCUT2D eigenvalue weighted by atomic mass is 9.98. The number of aliphatic imine (C=N–C) groups is 2. The van der Waals surface area contributed by atoms with Gasteiger partial charge in [0.2, 0.25) is 23.3 Å². The van der Waals surface area contributed by atoms with Crippen LogP contribution in [-0.4, -0.2) is 27.4 Å². The van der Waals surface area contributed by atoms with Crippen LogP contribution in [0.4, 0.5) is 87.8 Å². The van der Waals surface area contributed by atoms with E-state index in [1.807, 2.05) is 0 Å². The number of allylic oxidation sites excluding steroid dienone is 4. The summed E-state index contributed by atoms with van der Waals surface area (Å²) in [5.74, 6) is -51.1. The zero-order valence-electron chi connectivity index (χ0n) is 34.9. The number of aromatic amines is 3. The Labute approximate surface area is 391 Å². The molecule has 3 N–H and O–H groups in total. The summed E-state index contributed by atoms with van der Waals surface area (Å²) in [4.78, 5) is 14.5. The Morgan fingerprint density at radius 1 is 0.260 bits per heavy atom. The predicted molar refractivity (Wildman–Crippen MR) is 217 cm³/mol. The minimum atomic E-state index is -2.72. The fraction of sp³-hybridized carbons (Fsp3) is 0. The number of aromatic nitrogens is 3. The summed E-state index contributed by atoms with van der Waals surface area (Å²) in [6, 6.07) is 4.21. The van der Waals surface area contributed by atoms with Crippen molar-refractivity contribution in [3.8, 4) is 0 Å². The Morgan fingerprint density at radius 2 is 0.479 bits per heavy atom. The average molecular weight is 1040 g/mol. The van der Waals surface area contributed by atoms with Crippen LogP contribution in [0.5, 0.6) is 0 Å². The number of H-pyrrole nitrogens is 3. The molecule has 9 rings (SSSR count). The molecule has 0 saturated heterocycles. The zero-order valence-corrected chi connectivity index (χ0v) is 34.9. The molecule has 5 heterocycles. The van der Waals surface area contributed by atoms with Crippen molar-refractivity contribution >= 4 is 34.7 Å². The first-order valence-electron chi connectivity index (χ1n) is 19.9. The normalized spacial score (nSPS) is 15.4. The molecule has 0 amide bonds. The van der Waals surface area contributed by atoms with Crippen LogP contribution in [0, 0.1) is 116 Å². The van der Waals surface area contributed by atoms with Crippen LogP contribution in [0.1, 0.15) is 45.0 Å². The van der Waals surface area contributed by atoms with Crippen LogP contribution in [0.2, 0.25) is 0 Å². The highest BCUT2D eigenvalue weighted by Crippen LogP contribution is 2.40. The Balaban J connectivity index is 1.38. The molecule has 3 aromatic heterocycles. The average Bonchev–Trinajstić information content (AvgIpc) is 4.26. The van der Waals surface area contributed by atoms with Crippen molar-refractivity contribution in [2.75, 3.05) is 0 Å². The van der Waals surface area contributed by atoms with Crippen molar-refractivity contribution in [2.24, 2.45) is 9.98 Å². The van der Waals surface area contributed by atoms with E-state index in [0.29, 0.717) is 24.3 Å². The molecule has 0 unspecified atom stereocenters. The lowest BCUT2D eigenvalue weighted by Gasteiger charge is -2.14. The zero-order chi connectivity index (χ0) is 52.8. The van der Waals surface area contributed by atoms with Crippen molar-refractivity contribution in [3.63, 3.8) is 0 Å². The van der Waals surface area contributed by atoms with Gasteiger partial charge in [-0.2, -0.15) is 0 Å².